The van der Waals surface area contributed by atoms with Gasteiger partial charge in [-0.15, -0.1) is 0 Å². The number of nitrogens with zero attached hydrogens (tertiary/aromatic N) is 1. The van der Waals surface area contributed by atoms with Crippen LogP contribution in [0.1, 0.15) is 30.9 Å². The minimum Gasteiger partial charge on any atom is -0.362 e. The van der Waals surface area contributed by atoms with Crippen LogP contribution in [-0.2, 0) is 4.74 Å². The number of benzene rings is 1. The van der Waals surface area contributed by atoms with Gasteiger partial charge in [0.2, 0.25) is 0 Å². The van der Waals surface area contributed by atoms with Crippen molar-refractivity contribution in [2.45, 2.75) is 45.5 Å². The first kappa shape index (κ1) is 18.4. The van der Waals surface area contributed by atoms with E-state index in [0.717, 1.165) is 23.9 Å². The maximum atomic E-state index is 9.09. The van der Waals surface area contributed by atoms with Crippen molar-refractivity contribution in [2.75, 3.05) is 18.7 Å². The fourth-order valence-corrected chi connectivity index (χ4v) is 2.87. The fourth-order valence-electron chi connectivity index (χ4n) is 2.11. The predicted octanol–water partition coefficient (Wildman–Crippen LogP) is 4.43. The van der Waals surface area contributed by atoms with Crippen LogP contribution < -0.4 is 5.32 Å². The second-order valence-corrected chi connectivity index (χ2v) is 12.6. The van der Waals surface area contributed by atoms with Crippen molar-refractivity contribution >= 4 is 19.5 Å². The first-order chi connectivity index (χ1) is 10.3. The minimum absolute atomic E-state index is 0.00565. The van der Waals surface area contributed by atoms with Gasteiger partial charge in [0.05, 0.1) is 0 Å². The maximum absolute atomic E-state index is 9.09. The lowest BCUT2D eigenvalue weighted by Gasteiger charge is -2.18. The Labute approximate surface area is 135 Å². The average Bonchev–Trinajstić information content (AvgIpc) is 2.44. The highest BCUT2D eigenvalue weighted by atomic mass is 28.3. The van der Waals surface area contributed by atoms with Gasteiger partial charge in [-0.3, -0.25) is 5.41 Å². The molecular formula is C17H27N3OSi. The molecule has 0 radical (unpaired) electrons. The van der Waals surface area contributed by atoms with E-state index in [2.05, 4.69) is 38.8 Å². The Morgan fingerprint density at radius 2 is 2.05 bits per heavy atom. The van der Waals surface area contributed by atoms with Crippen LogP contribution in [0.2, 0.25) is 25.7 Å². The van der Waals surface area contributed by atoms with Crippen LogP contribution in [0.5, 0.6) is 0 Å². The average molecular weight is 318 g/mol. The van der Waals surface area contributed by atoms with Crippen LogP contribution in [0.3, 0.4) is 0 Å². The van der Waals surface area contributed by atoms with E-state index >= 15 is 0 Å². The van der Waals surface area contributed by atoms with Crippen molar-refractivity contribution in [3.05, 3.63) is 29.3 Å². The smallest absolute Gasteiger partial charge is 0.141 e. The van der Waals surface area contributed by atoms with E-state index in [-0.39, 0.29) is 11.6 Å². The molecule has 0 aliphatic rings. The molecule has 1 rings (SSSR count). The van der Waals surface area contributed by atoms with Gasteiger partial charge < -0.3 is 10.1 Å². The Hall–Kier alpha value is -1.64. The zero-order chi connectivity index (χ0) is 16.8. The molecule has 0 amide bonds. The monoisotopic (exact) mass is 317 g/mol. The van der Waals surface area contributed by atoms with E-state index in [1.807, 2.05) is 24.3 Å². The Balaban J connectivity index is 2.76. The highest BCUT2D eigenvalue weighted by Gasteiger charge is 2.15. The molecule has 1 aromatic rings. The molecule has 0 saturated heterocycles. The lowest BCUT2D eigenvalue weighted by atomic mass is 9.93. The number of ether oxygens (including phenoxy) is 1. The summed E-state index contributed by atoms with van der Waals surface area (Å²) in [7, 11) is -1.07. The summed E-state index contributed by atoms with van der Waals surface area (Å²) in [6.45, 7) is 12.2. The van der Waals surface area contributed by atoms with Gasteiger partial charge in [-0.2, -0.15) is 5.26 Å². The molecule has 0 aliphatic carbocycles. The zero-order valence-corrected chi connectivity index (χ0v) is 15.3. The predicted molar refractivity (Wildman–Crippen MR) is 95.6 cm³/mol. The minimum atomic E-state index is -1.07. The van der Waals surface area contributed by atoms with Crippen molar-refractivity contribution in [2.24, 2.45) is 0 Å². The second kappa shape index (κ2) is 8.11. The molecule has 0 aliphatic heterocycles. The molecule has 120 valence electrons. The van der Waals surface area contributed by atoms with E-state index in [4.69, 9.17) is 15.4 Å². The molecule has 0 saturated carbocycles. The third-order valence-corrected chi connectivity index (χ3v) is 5.15. The van der Waals surface area contributed by atoms with E-state index in [1.165, 1.54) is 0 Å². The highest BCUT2D eigenvalue weighted by Crippen LogP contribution is 2.26. The third kappa shape index (κ3) is 5.62. The first-order valence-corrected chi connectivity index (χ1v) is 11.4. The van der Waals surface area contributed by atoms with Crippen LogP contribution in [0.15, 0.2) is 18.2 Å². The molecule has 0 aromatic heterocycles. The summed E-state index contributed by atoms with van der Waals surface area (Å²) in [6, 6.07) is 8.90. The number of nitrogens with one attached hydrogen (secondary N) is 2. The number of anilines is 1. The zero-order valence-electron chi connectivity index (χ0n) is 14.3. The highest BCUT2D eigenvalue weighted by molar-refractivity contribution is 6.76. The Kier molecular flexibility index (Phi) is 6.79. The van der Waals surface area contributed by atoms with Gasteiger partial charge in [0.1, 0.15) is 18.5 Å². The largest absolute Gasteiger partial charge is 0.362 e. The molecule has 0 fully saturated rings. The molecule has 2 N–H and O–H groups in total. The molecule has 0 bridgehead atoms. The third-order valence-electron chi connectivity index (χ3n) is 3.44. The summed E-state index contributed by atoms with van der Waals surface area (Å²) in [4.78, 5) is 0. The van der Waals surface area contributed by atoms with Gasteiger partial charge in [-0.05, 0) is 23.6 Å². The Morgan fingerprint density at radius 1 is 1.36 bits per heavy atom. The molecule has 0 unspecified atom stereocenters. The van der Waals surface area contributed by atoms with Crippen molar-refractivity contribution < 1.29 is 4.74 Å². The molecule has 0 spiro atoms. The molecule has 22 heavy (non-hydrogen) atoms. The summed E-state index contributed by atoms with van der Waals surface area (Å²) in [5.41, 5.74) is 2.49. The topological polar surface area (TPSA) is 68.9 Å². The van der Waals surface area contributed by atoms with Crippen LogP contribution >= 0.6 is 0 Å². The van der Waals surface area contributed by atoms with E-state index in [9.17, 15) is 0 Å². The van der Waals surface area contributed by atoms with Crippen LogP contribution in [0, 0.1) is 16.7 Å². The Bertz CT molecular complexity index is 556. The molecule has 4 nitrogen and oxygen atoms in total. The van der Waals surface area contributed by atoms with Gasteiger partial charge in [0.15, 0.2) is 0 Å². The molecule has 5 heteroatoms. The standard InChI is InChI=1S/C17H27N3OSi/c1-13(2)14-7-6-8-16(17(14)15(19)11-18)20-12-21-9-10-22(3,4)5/h6-8,13,19-20H,9-10,12H2,1-5H3. The lowest BCUT2D eigenvalue weighted by Crippen LogP contribution is -2.22. The SMILES string of the molecule is CC(C)c1cccc(NCOCC[Si](C)(C)C)c1C(=N)C#N. The van der Waals surface area contributed by atoms with Crippen LogP contribution in [0.25, 0.3) is 0 Å². The first-order valence-electron chi connectivity index (χ1n) is 7.70. The number of rotatable bonds is 8. The molecule has 0 atom stereocenters. The molecule has 0 heterocycles. The number of hydrogen-bond acceptors (Lipinski definition) is 4. The van der Waals surface area contributed by atoms with E-state index in [0.29, 0.717) is 12.3 Å². The summed E-state index contributed by atoms with van der Waals surface area (Å²) < 4.78 is 5.65. The normalized spacial score (nSPS) is 11.3. The number of hydrogen-bond donors (Lipinski definition) is 2. The quantitative estimate of drug-likeness (QED) is 0.322. The lowest BCUT2D eigenvalue weighted by molar-refractivity contribution is 0.166. The van der Waals surface area contributed by atoms with Gasteiger partial charge in [-0.25, -0.2) is 0 Å². The summed E-state index contributed by atoms with van der Waals surface area (Å²) in [5.74, 6) is 0.262. The van der Waals surface area contributed by atoms with Crippen molar-refractivity contribution in [3.8, 4) is 6.07 Å². The van der Waals surface area contributed by atoms with Crippen molar-refractivity contribution in [1.82, 2.24) is 0 Å². The second-order valence-electron chi connectivity index (χ2n) is 6.95. The van der Waals surface area contributed by atoms with Gasteiger partial charge in [0, 0.05) is 25.9 Å². The van der Waals surface area contributed by atoms with Gasteiger partial charge in [0.25, 0.3) is 0 Å². The summed E-state index contributed by atoms with van der Waals surface area (Å²) in [6.07, 6.45) is 0. The van der Waals surface area contributed by atoms with E-state index in [1.54, 1.807) is 0 Å². The number of nitriles is 1. The summed E-state index contributed by atoms with van der Waals surface area (Å²) >= 11 is 0. The molecule has 1 aromatic carbocycles. The fraction of sp³-hybridized carbons (Fsp3) is 0.529. The Morgan fingerprint density at radius 3 is 2.59 bits per heavy atom. The van der Waals surface area contributed by atoms with Crippen molar-refractivity contribution in [1.29, 1.82) is 10.7 Å². The van der Waals surface area contributed by atoms with Crippen molar-refractivity contribution in [3.63, 3.8) is 0 Å². The van der Waals surface area contributed by atoms with Gasteiger partial charge >= 0.3 is 0 Å². The van der Waals surface area contributed by atoms with E-state index < -0.39 is 8.07 Å². The summed E-state index contributed by atoms with van der Waals surface area (Å²) in [5, 5.41) is 20.2. The van der Waals surface area contributed by atoms with Gasteiger partial charge in [-0.1, -0.05) is 45.6 Å². The molecular weight excluding hydrogens is 290 g/mol. The van der Waals surface area contributed by atoms with Crippen LogP contribution in [-0.4, -0.2) is 27.1 Å². The van der Waals surface area contributed by atoms with Crippen LogP contribution in [0.4, 0.5) is 5.69 Å². The maximum Gasteiger partial charge on any atom is 0.141 e.